The SMILES string of the molecule is BrC1[C@@H]2[C@@H]3[C@H]4[C@H]5C(Br)[C@@H]3[C@@]3(Br)[C@@H]6C(Br)[C@H]7[C@H]8[C@@H]6[C@@H]6C[C@H]8C([C@@H]14)(C263)[C@@]57Br. The normalized spacial score (nSPS) is 97.1. The molecular weight excluding hydrogens is 640 g/mol. The van der Waals surface area contributed by atoms with Crippen LogP contribution in [-0.2, 0) is 0 Å². The predicted molar refractivity (Wildman–Crippen MR) is 113 cm³/mol. The van der Waals surface area contributed by atoms with Crippen molar-refractivity contribution in [2.75, 3.05) is 0 Å². The van der Waals surface area contributed by atoms with E-state index in [1.165, 1.54) is 0 Å². The molecule has 0 nitrogen and oxygen atoms in total. The van der Waals surface area contributed by atoms with Gasteiger partial charge in [-0.1, -0.05) is 79.6 Å². The van der Waals surface area contributed by atoms with Gasteiger partial charge in [0.05, 0.1) is 0 Å². The summed E-state index contributed by atoms with van der Waals surface area (Å²) in [6.45, 7) is 0. The minimum atomic E-state index is 0.418. The zero-order valence-electron chi connectivity index (χ0n) is 13.3. The fourth-order valence-electron chi connectivity index (χ4n) is 14.5. The Balaban J connectivity index is 1.55. The Hall–Kier alpha value is 2.40. The second-order valence-electron chi connectivity index (χ2n) is 11.5. The maximum Gasteiger partial charge on any atom is 0.0409 e. The lowest BCUT2D eigenvalue weighted by Crippen LogP contribution is -2.57. The van der Waals surface area contributed by atoms with Crippen LogP contribution in [0.25, 0.3) is 0 Å². The highest BCUT2D eigenvalue weighted by molar-refractivity contribution is 9.11. The molecule has 0 saturated heterocycles. The van der Waals surface area contributed by atoms with Gasteiger partial charge in [-0.2, -0.15) is 0 Å². The summed E-state index contributed by atoms with van der Waals surface area (Å²) in [6.07, 6.45) is 1.60. The first-order chi connectivity index (χ1) is 11.9. The first-order valence-corrected chi connectivity index (χ1v) is 14.6. The van der Waals surface area contributed by atoms with Gasteiger partial charge in [0.15, 0.2) is 0 Å². The molecule has 5 unspecified atom stereocenters. The van der Waals surface area contributed by atoms with Crippen molar-refractivity contribution < 1.29 is 0 Å². The van der Waals surface area contributed by atoms with Gasteiger partial charge in [0.25, 0.3) is 0 Å². The molecule has 0 amide bonds. The van der Waals surface area contributed by atoms with E-state index in [4.69, 9.17) is 31.9 Å². The van der Waals surface area contributed by atoms with E-state index in [2.05, 4.69) is 47.8 Å². The lowest BCUT2D eigenvalue weighted by Gasteiger charge is -2.55. The molecule has 132 valence electrons. The minimum Gasteiger partial charge on any atom is -0.0884 e. The highest BCUT2D eigenvalue weighted by atomic mass is 79.9. The van der Waals surface area contributed by atoms with Crippen molar-refractivity contribution >= 4 is 79.6 Å². The van der Waals surface area contributed by atoms with Gasteiger partial charge < -0.3 is 0 Å². The molecule has 0 aromatic heterocycles. The van der Waals surface area contributed by atoms with E-state index in [9.17, 15) is 0 Å². The van der Waals surface area contributed by atoms with Crippen LogP contribution in [0.1, 0.15) is 6.42 Å². The van der Waals surface area contributed by atoms with Crippen LogP contribution in [0.2, 0.25) is 0 Å². The smallest absolute Gasteiger partial charge is 0.0409 e. The van der Waals surface area contributed by atoms with E-state index < -0.39 is 0 Å². The van der Waals surface area contributed by atoms with Crippen LogP contribution in [0.15, 0.2) is 0 Å². The Morgan fingerprint density at radius 2 is 0.880 bits per heavy atom. The molecule has 10 saturated carbocycles. The molecule has 5 heteroatoms. The van der Waals surface area contributed by atoms with Gasteiger partial charge in [-0.3, -0.25) is 0 Å². The highest BCUT2D eigenvalue weighted by Gasteiger charge is 3.11. The van der Waals surface area contributed by atoms with Crippen molar-refractivity contribution in [2.45, 2.75) is 29.6 Å². The van der Waals surface area contributed by atoms with Gasteiger partial charge in [-0.05, 0) is 77.4 Å². The number of hydrogen-bond acceptors (Lipinski definition) is 0. The summed E-state index contributed by atoms with van der Waals surface area (Å²) in [4.78, 5) is 2.32. The van der Waals surface area contributed by atoms with Gasteiger partial charge in [0.1, 0.15) is 0 Å². The van der Waals surface area contributed by atoms with Crippen molar-refractivity contribution in [3.8, 4) is 0 Å². The second kappa shape index (κ2) is 3.25. The molecule has 0 aromatic carbocycles. The maximum atomic E-state index is 4.74. The van der Waals surface area contributed by atoms with E-state index in [0.29, 0.717) is 19.5 Å². The number of hydrogen-bond donors (Lipinski definition) is 0. The molecule has 25 heavy (non-hydrogen) atoms. The van der Waals surface area contributed by atoms with E-state index in [0.717, 1.165) is 85.5 Å². The summed E-state index contributed by atoms with van der Waals surface area (Å²) in [5.41, 5.74) is 1.22. The second-order valence-corrected chi connectivity index (χ2v) is 17.3. The molecular formula is C20H17Br5. The molecule has 4 bridgehead atoms. The fourth-order valence-corrected chi connectivity index (χ4v) is 24.7. The molecule has 0 aliphatic heterocycles. The molecule has 19 atom stereocenters. The first-order valence-electron chi connectivity index (χ1n) is 10.2. The van der Waals surface area contributed by atoms with Crippen molar-refractivity contribution in [1.82, 2.24) is 0 Å². The predicted octanol–water partition coefficient (Wildman–Crippen LogP) is 5.44. The summed E-state index contributed by atoms with van der Waals surface area (Å²) in [7, 11) is 0. The third-order valence-corrected chi connectivity index (χ3v) is 19.8. The van der Waals surface area contributed by atoms with Gasteiger partial charge >= 0.3 is 0 Å². The average Bonchev–Trinajstić information content (AvgIpc) is 3.32. The van der Waals surface area contributed by atoms with Crippen molar-refractivity contribution in [3.05, 3.63) is 0 Å². The molecule has 10 rings (SSSR count). The van der Waals surface area contributed by atoms with Gasteiger partial charge in [0, 0.05) is 34.0 Å². The van der Waals surface area contributed by atoms with Gasteiger partial charge in [-0.25, -0.2) is 0 Å². The lowest BCUT2D eigenvalue weighted by atomic mass is 9.51. The van der Waals surface area contributed by atoms with Crippen LogP contribution >= 0.6 is 79.6 Å². The van der Waals surface area contributed by atoms with Crippen LogP contribution in [-0.4, -0.2) is 23.1 Å². The van der Waals surface area contributed by atoms with Gasteiger partial charge in [0.2, 0.25) is 0 Å². The third-order valence-electron chi connectivity index (χ3n) is 13.0. The Bertz CT molecular complexity index is 810. The van der Waals surface area contributed by atoms with E-state index in [1.807, 2.05) is 0 Å². The molecule has 10 aliphatic rings. The number of halogens is 5. The van der Waals surface area contributed by atoms with Crippen molar-refractivity contribution in [3.63, 3.8) is 0 Å². The topological polar surface area (TPSA) is 0 Å². The van der Waals surface area contributed by atoms with Crippen molar-refractivity contribution in [2.24, 2.45) is 81.8 Å². The lowest BCUT2D eigenvalue weighted by molar-refractivity contribution is -0.0472. The molecule has 0 N–H and O–H groups in total. The summed E-state index contributed by atoms with van der Waals surface area (Å²) in [5, 5.41) is 0. The van der Waals surface area contributed by atoms with Crippen LogP contribution in [0.5, 0.6) is 0 Å². The van der Waals surface area contributed by atoms with E-state index >= 15 is 0 Å². The molecule has 10 aliphatic carbocycles. The van der Waals surface area contributed by atoms with Gasteiger partial charge in [-0.15, -0.1) is 0 Å². The van der Waals surface area contributed by atoms with Crippen LogP contribution in [0.3, 0.4) is 0 Å². The molecule has 0 heterocycles. The first kappa shape index (κ1) is 14.4. The minimum absolute atomic E-state index is 0.418. The largest absolute Gasteiger partial charge is 0.0884 e. The molecule has 0 aromatic rings. The zero-order chi connectivity index (χ0) is 16.4. The maximum absolute atomic E-state index is 4.74. The third kappa shape index (κ3) is 0.743. The number of fused-ring (bicyclic) bond motifs is 4. The Labute approximate surface area is 189 Å². The van der Waals surface area contributed by atoms with Crippen molar-refractivity contribution in [1.29, 1.82) is 0 Å². The zero-order valence-corrected chi connectivity index (χ0v) is 21.2. The standard InChI is InChI=1S/C20H17Br5/c21-14-8-6-7-9(14)18-3-1-2-4-5(3)11-15(22)10(4)19(24,17(2,8)18)12(6)16(23)13(7)20(11,18)25/h2-16H,1H2/t2-,3+,4-,5+,6-,7+,8-,9+,10-,11+,12+,13-,14?,15?,16?,17?,18?,19-,20-/m0/s1. The highest BCUT2D eigenvalue weighted by Crippen LogP contribution is 3.10. The Morgan fingerprint density at radius 3 is 1.32 bits per heavy atom. The molecule has 0 radical (unpaired) electrons. The number of alkyl halides is 5. The fraction of sp³-hybridized carbons (Fsp3) is 1.00. The Morgan fingerprint density at radius 1 is 0.520 bits per heavy atom. The summed E-state index contributed by atoms with van der Waals surface area (Å²) >= 11 is 22.6. The van der Waals surface area contributed by atoms with Crippen LogP contribution in [0, 0.1) is 81.8 Å². The Kier molecular flexibility index (Phi) is 1.87. The van der Waals surface area contributed by atoms with Crippen LogP contribution in [0.4, 0.5) is 0 Å². The van der Waals surface area contributed by atoms with Crippen LogP contribution < -0.4 is 0 Å². The summed E-state index contributed by atoms with van der Waals surface area (Å²) in [6, 6.07) is 0. The van der Waals surface area contributed by atoms with E-state index in [-0.39, 0.29) is 0 Å². The molecule has 2 spiro atoms. The van der Waals surface area contributed by atoms with E-state index in [1.54, 1.807) is 6.42 Å². The summed E-state index contributed by atoms with van der Waals surface area (Å²) < 4.78 is 0.836. The number of rotatable bonds is 0. The summed E-state index contributed by atoms with van der Waals surface area (Å²) in [5.74, 6) is 11.6. The average molecular weight is 657 g/mol. The quantitative estimate of drug-likeness (QED) is 0.305. The molecule has 10 fully saturated rings. The monoisotopic (exact) mass is 652 g/mol.